The fourth-order valence-corrected chi connectivity index (χ4v) is 3.98. The molecular formula is C29H24F3N3O3. The molecule has 1 aromatic heterocycles. The van der Waals surface area contributed by atoms with Crippen LogP contribution in [0.3, 0.4) is 0 Å². The number of hydrogen-bond donors (Lipinski definition) is 0. The Bertz CT molecular complexity index is 1500. The number of fused-ring (bicyclic) bond motifs is 1. The number of rotatable bonds is 7. The van der Waals surface area contributed by atoms with Crippen molar-refractivity contribution in [3.8, 4) is 0 Å². The number of pyridine rings is 1. The molecule has 0 atom stereocenters. The average Bonchev–Trinajstić information content (AvgIpc) is 2.91. The Morgan fingerprint density at radius 2 is 1.71 bits per heavy atom. The topological polar surface area (TPSA) is 71.9 Å². The maximum absolute atomic E-state index is 13.3. The molecule has 3 aromatic carbocycles. The molecule has 38 heavy (non-hydrogen) atoms. The fraction of sp³-hybridized carbons (Fsp3) is 0.172. The van der Waals surface area contributed by atoms with Gasteiger partial charge in [-0.2, -0.15) is 23.3 Å². The molecule has 1 heterocycles. The molecule has 6 nitrogen and oxygen atoms in total. The molecule has 0 unspecified atom stereocenters. The van der Waals surface area contributed by atoms with E-state index in [1.165, 1.54) is 18.3 Å². The summed E-state index contributed by atoms with van der Waals surface area (Å²) >= 11 is 0. The first kappa shape index (κ1) is 26.5. The van der Waals surface area contributed by atoms with Crippen molar-refractivity contribution in [2.75, 3.05) is 11.6 Å². The molecule has 0 radical (unpaired) electrons. The number of halogens is 3. The van der Waals surface area contributed by atoms with E-state index in [0.29, 0.717) is 34.0 Å². The van der Waals surface area contributed by atoms with Crippen molar-refractivity contribution in [2.24, 2.45) is 5.10 Å². The summed E-state index contributed by atoms with van der Waals surface area (Å²) in [6.07, 6.45) is -2.68. The summed E-state index contributed by atoms with van der Waals surface area (Å²) in [6.45, 7) is 2.94. The molecule has 0 aliphatic heterocycles. The van der Waals surface area contributed by atoms with Crippen LogP contribution in [0, 0.1) is 6.92 Å². The van der Waals surface area contributed by atoms with E-state index in [2.05, 4.69) is 10.1 Å². The lowest BCUT2D eigenvalue weighted by Gasteiger charge is -2.19. The van der Waals surface area contributed by atoms with Gasteiger partial charge in [0.2, 0.25) is 0 Å². The van der Waals surface area contributed by atoms with Crippen molar-refractivity contribution in [1.29, 1.82) is 0 Å². The number of esters is 1. The number of carbonyl (C=O) groups excluding carboxylic acids is 2. The Labute approximate surface area is 217 Å². The number of ether oxygens (including phenoxy) is 1. The molecule has 194 valence electrons. The van der Waals surface area contributed by atoms with Crippen molar-refractivity contribution in [3.05, 3.63) is 107 Å². The van der Waals surface area contributed by atoms with E-state index in [4.69, 9.17) is 4.74 Å². The zero-order valence-electron chi connectivity index (χ0n) is 20.7. The number of hydrogen-bond acceptors (Lipinski definition) is 5. The lowest BCUT2D eigenvalue weighted by molar-refractivity contribution is -0.137. The van der Waals surface area contributed by atoms with E-state index in [-0.39, 0.29) is 5.69 Å². The summed E-state index contributed by atoms with van der Waals surface area (Å²) in [4.78, 5) is 30.9. The number of carbonyl (C=O) groups is 2. The monoisotopic (exact) mass is 519 g/mol. The third kappa shape index (κ3) is 5.88. The summed E-state index contributed by atoms with van der Waals surface area (Å²) in [5.41, 5.74) is 1.84. The second-order valence-corrected chi connectivity index (χ2v) is 8.41. The minimum atomic E-state index is -4.61. The van der Waals surface area contributed by atoms with Gasteiger partial charge in [-0.15, -0.1) is 0 Å². The maximum Gasteiger partial charge on any atom is 0.416 e. The van der Waals surface area contributed by atoms with Crippen molar-refractivity contribution in [3.63, 3.8) is 0 Å². The van der Waals surface area contributed by atoms with Gasteiger partial charge in [0.05, 0.1) is 28.5 Å². The summed E-state index contributed by atoms with van der Waals surface area (Å²) in [5.74, 6) is -1.56. The smallest absolute Gasteiger partial charge is 0.416 e. The molecule has 4 rings (SSSR count). The lowest BCUT2D eigenvalue weighted by atomic mass is 10.0. The highest BCUT2D eigenvalue weighted by Crippen LogP contribution is 2.32. The van der Waals surface area contributed by atoms with Gasteiger partial charge in [-0.25, -0.2) is 4.79 Å². The number of nitrogens with zero attached hydrogens (tertiary/aromatic N) is 3. The Hall–Kier alpha value is -4.53. The molecule has 0 spiro atoms. The van der Waals surface area contributed by atoms with Crippen LogP contribution in [0.2, 0.25) is 0 Å². The number of aryl methyl sites for hydroxylation is 1. The molecule has 0 aliphatic carbocycles. The molecule has 4 aromatic rings. The third-order valence-corrected chi connectivity index (χ3v) is 5.88. The first-order valence-electron chi connectivity index (χ1n) is 11.8. The van der Waals surface area contributed by atoms with Crippen LogP contribution in [0.5, 0.6) is 0 Å². The van der Waals surface area contributed by atoms with Gasteiger partial charge >= 0.3 is 12.1 Å². The zero-order valence-corrected chi connectivity index (χ0v) is 20.7. The van der Waals surface area contributed by atoms with Gasteiger partial charge in [0.15, 0.2) is 6.61 Å². The summed E-state index contributed by atoms with van der Waals surface area (Å²) in [5, 5.41) is 5.50. The van der Waals surface area contributed by atoms with E-state index in [0.717, 1.165) is 22.8 Å². The zero-order chi connectivity index (χ0) is 27.3. The van der Waals surface area contributed by atoms with Gasteiger partial charge in [0, 0.05) is 11.1 Å². The van der Waals surface area contributed by atoms with Crippen LogP contribution >= 0.6 is 0 Å². The molecule has 0 saturated carbocycles. The van der Waals surface area contributed by atoms with Crippen LogP contribution in [0.1, 0.15) is 39.7 Å². The van der Waals surface area contributed by atoms with Gasteiger partial charge in [-0.3, -0.25) is 9.78 Å². The Balaban J connectivity index is 1.63. The van der Waals surface area contributed by atoms with Crippen LogP contribution in [0.25, 0.3) is 10.9 Å². The van der Waals surface area contributed by atoms with Crippen LogP contribution < -0.4 is 5.01 Å². The Morgan fingerprint density at radius 3 is 2.42 bits per heavy atom. The molecule has 0 bridgehead atoms. The highest BCUT2D eigenvalue weighted by molar-refractivity contribution is 6.06. The van der Waals surface area contributed by atoms with Crippen molar-refractivity contribution >= 4 is 34.7 Å². The lowest BCUT2D eigenvalue weighted by Crippen LogP contribution is -2.31. The quantitative estimate of drug-likeness (QED) is 0.162. The van der Waals surface area contributed by atoms with E-state index in [9.17, 15) is 22.8 Å². The largest absolute Gasteiger partial charge is 0.452 e. The SMILES string of the molecule is CCc1nc2ccccc2c(C(=O)OCC(=O)N(N=Cc2ccccc2)c2cccc(C(F)(F)F)c2)c1C. The molecule has 0 N–H and O–H groups in total. The number of anilines is 1. The first-order valence-corrected chi connectivity index (χ1v) is 11.8. The van der Waals surface area contributed by atoms with Crippen LogP contribution in [0.4, 0.5) is 18.9 Å². The van der Waals surface area contributed by atoms with Crippen LogP contribution in [0.15, 0.2) is 84.0 Å². The second kappa shape index (κ2) is 11.2. The van der Waals surface area contributed by atoms with Gasteiger partial charge in [-0.05, 0) is 48.7 Å². The number of amides is 1. The van der Waals surface area contributed by atoms with E-state index in [1.54, 1.807) is 61.5 Å². The van der Waals surface area contributed by atoms with Gasteiger partial charge in [-0.1, -0.05) is 61.5 Å². The third-order valence-electron chi connectivity index (χ3n) is 5.88. The van der Waals surface area contributed by atoms with Crippen LogP contribution in [-0.4, -0.2) is 29.7 Å². The fourth-order valence-electron chi connectivity index (χ4n) is 3.98. The Morgan fingerprint density at radius 1 is 1.00 bits per heavy atom. The van der Waals surface area contributed by atoms with Crippen molar-refractivity contribution in [2.45, 2.75) is 26.4 Å². The van der Waals surface area contributed by atoms with Gasteiger partial charge in [0.1, 0.15) is 0 Å². The predicted octanol–water partition coefficient (Wildman–Crippen LogP) is 6.35. The van der Waals surface area contributed by atoms with Gasteiger partial charge in [0.25, 0.3) is 5.91 Å². The number of benzene rings is 3. The highest BCUT2D eigenvalue weighted by Gasteiger charge is 2.31. The first-order chi connectivity index (χ1) is 18.2. The second-order valence-electron chi connectivity index (χ2n) is 8.41. The average molecular weight is 520 g/mol. The number of aromatic nitrogens is 1. The van der Waals surface area contributed by atoms with Crippen molar-refractivity contribution in [1.82, 2.24) is 4.98 Å². The number of alkyl halides is 3. The molecular weight excluding hydrogens is 495 g/mol. The van der Waals surface area contributed by atoms with Crippen LogP contribution in [-0.2, 0) is 22.1 Å². The summed E-state index contributed by atoms with van der Waals surface area (Å²) in [6, 6.07) is 20.1. The minimum absolute atomic E-state index is 0.119. The molecule has 0 fully saturated rings. The molecule has 0 saturated heterocycles. The molecule has 1 amide bonds. The summed E-state index contributed by atoms with van der Waals surface area (Å²) < 4.78 is 45.4. The normalized spacial score (nSPS) is 11.6. The predicted molar refractivity (Wildman–Crippen MR) is 139 cm³/mol. The van der Waals surface area contributed by atoms with Crippen molar-refractivity contribution < 1.29 is 27.5 Å². The number of para-hydroxylation sites is 1. The van der Waals surface area contributed by atoms with E-state index in [1.807, 2.05) is 6.92 Å². The summed E-state index contributed by atoms with van der Waals surface area (Å²) in [7, 11) is 0. The molecule has 9 heteroatoms. The Kier molecular flexibility index (Phi) is 7.85. The minimum Gasteiger partial charge on any atom is -0.452 e. The highest BCUT2D eigenvalue weighted by atomic mass is 19.4. The van der Waals surface area contributed by atoms with Gasteiger partial charge < -0.3 is 4.74 Å². The van der Waals surface area contributed by atoms with E-state index >= 15 is 0 Å². The standard InChI is InChI=1S/C29H24F3N3O3/c1-3-24-19(2)27(23-14-7-8-15-25(23)34-24)28(37)38-18-26(36)35(33-17-20-10-5-4-6-11-20)22-13-9-12-21(16-22)29(30,31)32/h4-17H,3,18H2,1-2H3. The van der Waals surface area contributed by atoms with E-state index < -0.39 is 30.2 Å². The molecule has 0 aliphatic rings. The number of hydrazone groups is 1. The maximum atomic E-state index is 13.3.